The highest BCUT2D eigenvalue weighted by Gasteiger charge is 2.40. The van der Waals surface area contributed by atoms with Crippen LogP contribution in [0.2, 0.25) is 0 Å². The molecule has 1 aliphatic carbocycles. The second-order valence-electron chi connectivity index (χ2n) is 5.56. The lowest BCUT2D eigenvalue weighted by Gasteiger charge is -2.39. The lowest BCUT2D eigenvalue weighted by molar-refractivity contribution is -0.0331. The first-order valence-electron chi connectivity index (χ1n) is 7.08. The van der Waals surface area contributed by atoms with Gasteiger partial charge in [-0.3, -0.25) is 0 Å². The van der Waals surface area contributed by atoms with Crippen LogP contribution in [-0.2, 0) is 0 Å². The van der Waals surface area contributed by atoms with Crippen molar-refractivity contribution in [3.05, 3.63) is 60.2 Å². The van der Waals surface area contributed by atoms with Gasteiger partial charge in [-0.1, -0.05) is 61.2 Å². The fourth-order valence-corrected chi connectivity index (χ4v) is 2.45. The topological polar surface area (TPSA) is 20.2 Å². The normalized spacial score (nSPS) is 24.4. The molecule has 2 aromatic rings. The molecular formula is C19H18O. The number of benzene rings is 2. The summed E-state index contributed by atoms with van der Waals surface area (Å²) in [4.78, 5) is 0. The highest BCUT2D eigenvalue weighted by Crippen LogP contribution is 2.37. The van der Waals surface area contributed by atoms with Gasteiger partial charge < -0.3 is 5.11 Å². The van der Waals surface area contributed by atoms with Gasteiger partial charge >= 0.3 is 0 Å². The Labute approximate surface area is 120 Å². The van der Waals surface area contributed by atoms with Crippen molar-refractivity contribution in [2.45, 2.75) is 25.4 Å². The van der Waals surface area contributed by atoms with Crippen molar-refractivity contribution in [2.24, 2.45) is 5.92 Å². The largest absolute Gasteiger partial charge is 0.377 e. The summed E-state index contributed by atoms with van der Waals surface area (Å²) in [6.45, 7) is 2.05. The molecule has 0 spiro atoms. The van der Waals surface area contributed by atoms with E-state index in [2.05, 4.69) is 43.0 Å². The van der Waals surface area contributed by atoms with Gasteiger partial charge in [0.15, 0.2) is 0 Å². The van der Waals surface area contributed by atoms with Crippen LogP contribution in [0.1, 0.15) is 25.3 Å². The predicted octanol–water partition coefficient (Wildman–Crippen LogP) is 3.87. The van der Waals surface area contributed by atoms with E-state index in [0.717, 1.165) is 18.4 Å². The average molecular weight is 262 g/mol. The van der Waals surface area contributed by atoms with Crippen molar-refractivity contribution in [1.29, 1.82) is 0 Å². The summed E-state index contributed by atoms with van der Waals surface area (Å²) in [6, 6.07) is 18.5. The van der Waals surface area contributed by atoms with Crippen LogP contribution in [0, 0.1) is 17.8 Å². The predicted molar refractivity (Wildman–Crippen MR) is 82.1 cm³/mol. The Morgan fingerprint density at radius 1 is 1.00 bits per heavy atom. The van der Waals surface area contributed by atoms with E-state index in [-0.39, 0.29) is 0 Å². The second kappa shape index (κ2) is 5.15. The fraction of sp³-hybridized carbons (Fsp3) is 0.263. The second-order valence-corrected chi connectivity index (χ2v) is 5.56. The zero-order chi connectivity index (χ0) is 14.0. The average Bonchev–Trinajstić information content (AvgIpc) is 2.52. The van der Waals surface area contributed by atoms with Gasteiger partial charge in [0.1, 0.15) is 5.60 Å². The molecule has 1 aliphatic rings. The van der Waals surface area contributed by atoms with Gasteiger partial charge in [-0.2, -0.15) is 0 Å². The standard InChI is InChI=1S/C19H18O/c1-15-11-13-19(15,20)14-12-16-7-9-18(10-8-16)17-5-3-2-4-6-17/h2-10,15,20H,11,13H2,1H3/t15-,19+/m1/s1. The molecule has 1 N–H and O–H groups in total. The first-order valence-corrected chi connectivity index (χ1v) is 7.08. The van der Waals surface area contributed by atoms with Gasteiger partial charge in [0.25, 0.3) is 0 Å². The van der Waals surface area contributed by atoms with E-state index in [1.165, 1.54) is 11.1 Å². The van der Waals surface area contributed by atoms with E-state index in [0.29, 0.717) is 5.92 Å². The monoisotopic (exact) mass is 262 g/mol. The molecule has 0 amide bonds. The molecule has 1 saturated carbocycles. The van der Waals surface area contributed by atoms with Gasteiger partial charge in [-0.05, 0) is 42.0 Å². The highest BCUT2D eigenvalue weighted by atomic mass is 16.3. The third-order valence-electron chi connectivity index (χ3n) is 4.19. The van der Waals surface area contributed by atoms with Crippen molar-refractivity contribution in [3.8, 4) is 23.0 Å². The Balaban J connectivity index is 1.79. The van der Waals surface area contributed by atoms with Crippen LogP contribution >= 0.6 is 0 Å². The third-order valence-corrected chi connectivity index (χ3v) is 4.19. The third kappa shape index (κ3) is 2.48. The van der Waals surface area contributed by atoms with Gasteiger partial charge in [-0.25, -0.2) is 0 Å². The van der Waals surface area contributed by atoms with E-state index >= 15 is 0 Å². The molecule has 0 radical (unpaired) electrons. The fourth-order valence-electron chi connectivity index (χ4n) is 2.45. The summed E-state index contributed by atoms with van der Waals surface area (Å²) >= 11 is 0. The van der Waals surface area contributed by atoms with Gasteiger partial charge in [0.2, 0.25) is 0 Å². The van der Waals surface area contributed by atoms with Crippen LogP contribution in [0.3, 0.4) is 0 Å². The van der Waals surface area contributed by atoms with Crippen LogP contribution in [0.5, 0.6) is 0 Å². The van der Waals surface area contributed by atoms with Crippen molar-refractivity contribution >= 4 is 0 Å². The molecule has 0 aliphatic heterocycles. The first-order chi connectivity index (χ1) is 9.67. The maximum Gasteiger partial charge on any atom is 0.128 e. The van der Waals surface area contributed by atoms with E-state index in [4.69, 9.17) is 0 Å². The quantitative estimate of drug-likeness (QED) is 0.774. The summed E-state index contributed by atoms with van der Waals surface area (Å²) in [6.07, 6.45) is 1.86. The van der Waals surface area contributed by atoms with E-state index in [9.17, 15) is 5.11 Å². The maximum atomic E-state index is 10.2. The summed E-state index contributed by atoms with van der Waals surface area (Å²) < 4.78 is 0. The van der Waals surface area contributed by atoms with Crippen LogP contribution in [0.25, 0.3) is 11.1 Å². The molecule has 1 fully saturated rings. The Kier molecular flexibility index (Phi) is 3.34. The first kappa shape index (κ1) is 13.0. The minimum atomic E-state index is -0.766. The summed E-state index contributed by atoms with van der Waals surface area (Å²) in [7, 11) is 0. The summed E-state index contributed by atoms with van der Waals surface area (Å²) in [5, 5.41) is 10.2. The van der Waals surface area contributed by atoms with Crippen LogP contribution in [-0.4, -0.2) is 10.7 Å². The van der Waals surface area contributed by atoms with Crippen molar-refractivity contribution < 1.29 is 5.11 Å². The molecule has 0 aromatic heterocycles. The summed E-state index contributed by atoms with van der Waals surface area (Å²) in [5.74, 6) is 6.41. The van der Waals surface area contributed by atoms with Crippen molar-refractivity contribution in [3.63, 3.8) is 0 Å². The number of rotatable bonds is 1. The van der Waals surface area contributed by atoms with Crippen LogP contribution in [0.4, 0.5) is 0 Å². The molecule has 0 unspecified atom stereocenters. The molecule has 0 bridgehead atoms. The Hall–Kier alpha value is -2.04. The lowest BCUT2D eigenvalue weighted by Crippen LogP contribution is -2.44. The molecule has 0 saturated heterocycles. The molecule has 0 heterocycles. The van der Waals surface area contributed by atoms with Crippen molar-refractivity contribution in [2.75, 3.05) is 0 Å². The smallest absolute Gasteiger partial charge is 0.128 e. The Bertz CT molecular complexity index is 646. The van der Waals surface area contributed by atoms with Gasteiger partial charge in [-0.15, -0.1) is 0 Å². The zero-order valence-corrected chi connectivity index (χ0v) is 11.6. The van der Waals surface area contributed by atoms with Crippen molar-refractivity contribution in [1.82, 2.24) is 0 Å². The van der Waals surface area contributed by atoms with E-state index in [1.807, 2.05) is 30.3 Å². The van der Waals surface area contributed by atoms with Crippen LogP contribution in [0.15, 0.2) is 54.6 Å². The molecule has 100 valence electrons. The Morgan fingerprint density at radius 2 is 1.65 bits per heavy atom. The minimum Gasteiger partial charge on any atom is -0.377 e. The number of hydrogen-bond donors (Lipinski definition) is 1. The minimum absolute atomic E-state index is 0.290. The molecule has 20 heavy (non-hydrogen) atoms. The van der Waals surface area contributed by atoms with Gasteiger partial charge in [0, 0.05) is 5.56 Å². The van der Waals surface area contributed by atoms with E-state index in [1.54, 1.807) is 0 Å². The molecule has 1 nitrogen and oxygen atoms in total. The molecule has 3 rings (SSSR count). The molecule has 2 atom stereocenters. The highest BCUT2D eigenvalue weighted by molar-refractivity contribution is 5.64. The molecule has 2 aromatic carbocycles. The molecule has 1 heteroatoms. The SMILES string of the molecule is C[C@@H]1CC[C@]1(O)C#Cc1ccc(-c2ccccc2)cc1. The molecular weight excluding hydrogens is 244 g/mol. The maximum absolute atomic E-state index is 10.2. The summed E-state index contributed by atoms with van der Waals surface area (Å²) in [5.41, 5.74) is 2.58. The lowest BCUT2D eigenvalue weighted by atomic mass is 9.71. The zero-order valence-electron chi connectivity index (χ0n) is 11.6. The number of aliphatic hydroxyl groups is 1. The van der Waals surface area contributed by atoms with Gasteiger partial charge in [0.05, 0.1) is 0 Å². The number of hydrogen-bond acceptors (Lipinski definition) is 1. The van der Waals surface area contributed by atoms with E-state index < -0.39 is 5.60 Å². The van der Waals surface area contributed by atoms with Crippen LogP contribution < -0.4 is 0 Å². The Morgan fingerprint density at radius 3 is 2.20 bits per heavy atom.